The Bertz CT molecular complexity index is 531. The molecule has 1 saturated heterocycles. The normalized spacial score (nSPS) is 19.2. The van der Waals surface area contributed by atoms with Crippen LogP contribution < -0.4 is 4.90 Å². The summed E-state index contributed by atoms with van der Waals surface area (Å²) in [4.78, 5) is 14.6. The fraction of sp³-hybridized carbons (Fsp3) is 0.720. The molecule has 0 N–H and O–H groups in total. The molecule has 0 bridgehead atoms. The van der Waals surface area contributed by atoms with E-state index in [4.69, 9.17) is 4.74 Å². The summed E-state index contributed by atoms with van der Waals surface area (Å²) in [5.74, 6) is 0. The number of benzene rings is 1. The molecule has 3 nitrogen and oxygen atoms in total. The number of anilines is 1. The second kappa shape index (κ2) is 13.6. The highest BCUT2D eigenvalue weighted by Crippen LogP contribution is 2.32. The average Bonchev–Trinajstić information content (AvgIpc) is 3.03. The van der Waals surface area contributed by atoms with Crippen molar-refractivity contribution in [2.75, 3.05) is 4.90 Å². The van der Waals surface area contributed by atoms with E-state index in [0.29, 0.717) is 0 Å². The molecule has 0 aliphatic carbocycles. The maximum atomic E-state index is 12.6. The Morgan fingerprint density at radius 1 is 0.750 bits per heavy atom. The Morgan fingerprint density at radius 3 is 1.89 bits per heavy atom. The molecule has 1 amide bonds. The zero-order valence-corrected chi connectivity index (χ0v) is 18.2. The molecule has 1 aliphatic heterocycles. The van der Waals surface area contributed by atoms with Crippen LogP contribution in [0.3, 0.4) is 0 Å². The molecular weight excluding hydrogens is 346 g/mol. The monoisotopic (exact) mass is 387 g/mol. The van der Waals surface area contributed by atoms with Crippen molar-refractivity contribution < 1.29 is 9.53 Å². The van der Waals surface area contributed by atoms with Crippen molar-refractivity contribution in [3.05, 3.63) is 30.3 Å². The van der Waals surface area contributed by atoms with Crippen LogP contribution in [0.1, 0.15) is 104 Å². The SMILES string of the molecule is CCCCCCCCC1OC(=O)N(c2ccccc2)C1CCCCCCCC. The Morgan fingerprint density at radius 2 is 1.29 bits per heavy atom. The van der Waals surface area contributed by atoms with Crippen molar-refractivity contribution in [1.82, 2.24) is 0 Å². The van der Waals surface area contributed by atoms with Gasteiger partial charge in [0.25, 0.3) is 0 Å². The Hall–Kier alpha value is -1.51. The fourth-order valence-electron chi connectivity index (χ4n) is 4.28. The second-order valence-electron chi connectivity index (χ2n) is 8.31. The molecule has 1 aromatic rings. The smallest absolute Gasteiger partial charge is 0.415 e. The first-order valence-corrected chi connectivity index (χ1v) is 11.8. The molecule has 2 unspecified atom stereocenters. The average molecular weight is 388 g/mol. The zero-order valence-electron chi connectivity index (χ0n) is 18.2. The quantitative estimate of drug-likeness (QED) is 0.286. The first kappa shape index (κ1) is 22.8. The van der Waals surface area contributed by atoms with E-state index in [-0.39, 0.29) is 18.2 Å². The van der Waals surface area contributed by atoms with Crippen LogP contribution in [0.5, 0.6) is 0 Å². The zero-order chi connectivity index (χ0) is 20.0. The number of hydrogen-bond acceptors (Lipinski definition) is 2. The van der Waals surface area contributed by atoms with E-state index in [2.05, 4.69) is 13.8 Å². The lowest BCUT2D eigenvalue weighted by Gasteiger charge is -2.25. The third kappa shape index (κ3) is 7.48. The van der Waals surface area contributed by atoms with Gasteiger partial charge in [-0.05, 0) is 31.4 Å². The van der Waals surface area contributed by atoms with E-state index in [9.17, 15) is 4.79 Å². The van der Waals surface area contributed by atoms with Gasteiger partial charge >= 0.3 is 6.09 Å². The lowest BCUT2D eigenvalue weighted by molar-refractivity contribution is 0.122. The van der Waals surface area contributed by atoms with Gasteiger partial charge in [-0.25, -0.2) is 4.79 Å². The third-order valence-electron chi connectivity index (χ3n) is 5.94. The van der Waals surface area contributed by atoms with Crippen molar-refractivity contribution in [3.8, 4) is 0 Å². The lowest BCUT2D eigenvalue weighted by Crippen LogP contribution is -2.36. The van der Waals surface area contributed by atoms with Crippen molar-refractivity contribution >= 4 is 11.8 Å². The highest BCUT2D eigenvalue weighted by molar-refractivity contribution is 5.90. The lowest BCUT2D eigenvalue weighted by atomic mass is 9.97. The van der Waals surface area contributed by atoms with E-state index in [0.717, 1.165) is 24.9 Å². The molecule has 28 heavy (non-hydrogen) atoms. The van der Waals surface area contributed by atoms with Crippen LogP contribution in [-0.4, -0.2) is 18.2 Å². The van der Waals surface area contributed by atoms with Crippen molar-refractivity contribution in [2.45, 2.75) is 116 Å². The number of ether oxygens (including phenoxy) is 1. The Labute approximate surface area is 172 Å². The summed E-state index contributed by atoms with van der Waals surface area (Å²) in [6.07, 6.45) is 17.3. The van der Waals surface area contributed by atoms with Crippen molar-refractivity contribution in [3.63, 3.8) is 0 Å². The molecule has 0 aromatic heterocycles. The maximum absolute atomic E-state index is 12.6. The predicted molar refractivity (Wildman–Crippen MR) is 119 cm³/mol. The number of unbranched alkanes of at least 4 members (excludes halogenated alkanes) is 10. The van der Waals surface area contributed by atoms with Crippen molar-refractivity contribution in [2.24, 2.45) is 0 Å². The topological polar surface area (TPSA) is 29.5 Å². The minimum absolute atomic E-state index is 0.0505. The largest absolute Gasteiger partial charge is 0.444 e. The molecular formula is C25H41NO2. The number of para-hydroxylation sites is 1. The van der Waals surface area contributed by atoms with E-state index < -0.39 is 0 Å². The van der Waals surface area contributed by atoms with Crippen molar-refractivity contribution in [1.29, 1.82) is 0 Å². The number of cyclic esters (lactones) is 1. The van der Waals surface area contributed by atoms with Gasteiger partial charge in [-0.1, -0.05) is 103 Å². The predicted octanol–water partition coefficient (Wildman–Crippen LogP) is 7.88. The third-order valence-corrected chi connectivity index (χ3v) is 5.94. The van der Waals surface area contributed by atoms with Crippen LogP contribution in [0.4, 0.5) is 10.5 Å². The summed E-state index contributed by atoms with van der Waals surface area (Å²) >= 11 is 0. The number of rotatable bonds is 15. The highest BCUT2D eigenvalue weighted by atomic mass is 16.6. The molecule has 0 radical (unpaired) electrons. The number of carbonyl (C=O) groups excluding carboxylic acids is 1. The van der Waals surface area contributed by atoms with Crippen LogP contribution in [-0.2, 0) is 4.74 Å². The van der Waals surface area contributed by atoms with Crippen LogP contribution >= 0.6 is 0 Å². The summed E-state index contributed by atoms with van der Waals surface area (Å²) < 4.78 is 5.85. The van der Waals surface area contributed by atoms with Gasteiger partial charge in [0.2, 0.25) is 0 Å². The van der Waals surface area contributed by atoms with E-state index >= 15 is 0 Å². The Balaban J connectivity index is 1.89. The molecule has 2 rings (SSSR count). The minimum Gasteiger partial charge on any atom is -0.444 e. The van der Waals surface area contributed by atoms with Gasteiger partial charge in [0.1, 0.15) is 6.10 Å². The molecule has 2 atom stereocenters. The summed E-state index contributed by atoms with van der Waals surface area (Å²) in [7, 11) is 0. The summed E-state index contributed by atoms with van der Waals surface area (Å²) in [5.41, 5.74) is 0.980. The van der Waals surface area contributed by atoms with Gasteiger partial charge in [-0.2, -0.15) is 0 Å². The van der Waals surface area contributed by atoms with E-state index in [1.165, 1.54) is 70.6 Å². The van der Waals surface area contributed by atoms with Gasteiger partial charge < -0.3 is 4.74 Å². The van der Waals surface area contributed by atoms with Gasteiger partial charge in [0, 0.05) is 5.69 Å². The van der Waals surface area contributed by atoms with Gasteiger partial charge in [0.05, 0.1) is 6.04 Å². The number of carbonyl (C=O) groups is 1. The second-order valence-corrected chi connectivity index (χ2v) is 8.31. The standard InChI is InChI=1S/C25H41NO2/c1-3-5-7-9-11-16-20-23-24(21-17-12-10-8-6-4-2)28-25(27)26(23)22-18-14-13-15-19-22/h13-15,18-19,23-24H,3-12,16-17,20-21H2,1-2H3. The highest BCUT2D eigenvalue weighted by Gasteiger charge is 2.41. The van der Waals surface area contributed by atoms with Gasteiger partial charge in [0.15, 0.2) is 0 Å². The maximum Gasteiger partial charge on any atom is 0.415 e. The first-order chi connectivity index (χ1) is 13.8. The number of nitrogens with zero attached hydrogens (tertiary/aromatic N) is 1. The van der Waals surface area contributed by atoms with Crippen LogP contribution in [0.25, 0.3) is 0 Å². The van der Waals surface area contributed by atoms with Crippen LogP contribution in [0.15, 0.2) is 30.3 Å². The number of amides is 1. The van der Waals surface area contributed by atoms with E-state index in [1.54, 1.807) is 0 Å². The van der Waals surface area contributed by atoms with Crippen LogP contribution in [0, 0.1) is 0 Å². The first-order valence-electron chi connectivity index (χ1n) is 11.8. The molecule has 1 heterocycles. The van der Waals surface area contributed by atoms with Gasteiger partial charge in [-0.3, -0.25) is 4.90 Å². The fourth-order valence-corrected chi connectivity index (χ4v) is 4.28. The summed E-state index contributed by atoms with van der Waals surface area (Å²) in [6, 6.07) is 10.3. The van der Waals surface area contributed by atoms with Crippen LogP contribution in [0.2, 0.25) is 0 Å². The van der Waals surface area contributed by atoms with E-state index in [1.807, 2.05) is 35.2 Å². The molecule has 0 saturated carbocycles. The Kier molecular flexibility index (Phi) is 11.1. The van der Waals surface area contributed by atoms with Gasteiger partial charge in [-0.15, -0.1) is 0 Å². The number of hydrogen-bond donors (Lipinski definition) is 0. The molecule has 0 spiro atoms. The molecule has 3 heteroatoms. The molecule has 1 aromatic carbocycles. The summed E-state index contributed by atoms with van der Waals surface area (Å²) in [6.45, 7) is 4.51. The molecule has 158 valence electrons. The molecule has 1 fully saturated rings. The summed E-state index contributed by atoms with van der Waals surface area (Å²) in [5, 5.41) is 0. The molecule has 1 aliphatic rings. The minimum atomic E-state index is -0.154.